The first-order valence-corrected chi connectivity index (χ1v) is 12.6. The molecule has 1 fully saturated rings. The molecule has 1 aromatic carbocycles. The first-order valence-electron chi connectivity index (χ1n) is 9.94. The average molecular weight is 457 g/mol. The van der Waals surface area contributed by atoms with Gasteiger partial charge in [0.05, 0.1) is 16.9 Å². The van der Waals surface area contributed by atoms with E-state index in [2.05, 4.69) is 9.88 Å². The summed E-state index contributed by atoms with van der Waals surface area (Å²) in [7, 11) is -2.89. The Hall–Kier alpha value is -2.75. The number of fused-ring (bicyclic) bond motifs is 2. The van der Waals surface area contributed by atoms with Crippen LogP contribution in [0.1, 0.15) is 0 Å². The topological polar surface area (TPSA) is 89.7 Å². The lowest BCUT2D eigenvalue weighted by Crippen LogP contribution is -2.42. The van der Waals surface area contributed by atoms with Gasteiger partial charge in [0, 0.05) is 42.0 Å². The van der Waals surface area contributed by atoms with Crippen LogP contribution in [0.2, 0.25) is 0 Å². The Kier molecular flexibility index (Phi) is 5.25. The largest absolute Gasteiger partial charge is 0.492 e. The van der Waals surface area contributed by atoms with E-state index in [9.17, 15) is 13.2 Å². The number of hydrogen-bond acceptors (Lipinski definition) is 8. The molecule has 0 unspecified atom stereocenters. The molecule has 1 saturated heterocycles. The fraction of sp³-hybridized carbons (Fsp3) is 0.273. The molecule has 0 amide bonds. The van der Waals surface area contributed by atoms with Gasteiger partial charge in [0.2, 0.25) is 0 Å². The molecule has 0 N–H and O–H groups in total. The smallest absolute Gasteiger partial charge is 0.193 e. The Labute approximate surface area is 182 Å². The van der Waals surface area contributed by atoms with E-state index in [4.69, 9.17) is 9.15 Å². The van der Waals surface area contributed by atoms with Crippen molar-refractivity contribution in [1.82, 2.24) is 9.88 Å². The summed E-state index contributed by atoms with van der Waals surface area (Å²) in [6, 6.07) is 10.6. The number of pyridine rings is 1. The van der Waals surface area contributed by atoms with Gasteiger partial charge in [-0.1, -0.05) is 0 Å². The third kappa shape index (κ3) is 4.34. The number of sulfone groups is 1. The molecule has 4 aromatic rings. The Balaban J connectivity index is 1.31. The summed E-state index contributed by atoms with van der Waals surface area (Å²) < 4.78 is 35.8. The quantitative estimate of drug-likeness (QED) is 0.456. The zero-order valence-electron chi connectivity index (χ0n) is 16.6. The molecule has 4 heterocycles. The van der Waals surface area contributed by atoms with Crippen molar-refractivity contribution in [2.75, 3.05) is 37.7 Å². The van der Waals surface area contributed by atoms with Crippen LogP contribution < -0.4 is 10.2 Å². The molecule has 5 rings (SSSR count). The maximum atomic E-state index is 12.7. The van der Waals surface area contributed by atoms with Gasteiger partial charge < -0.3 is 9.15 Å². The summed E-state index contributed by atoms with van der Waals surface area (Å²) in [5, 5.41) is 3.51. The molecule has 7 nitrogen and oxygen atoms in total. The molecule has 3 aromatic heterocycles. The zero-order chi connectivity index (χ0) is 21.4. The number of nitrogens with zero attached hydrogens (tertiary/aromatic N) is 2. The van der Waals surface area contributed by atoms with Gasteiger partial charge in [-0.15, -0.1) is 11.3 Å². The van der Waals surface area contributed by atoms with E-state index in [1.54, 1.807) is 35.7 Å². The minimum atomic E-state index is -2.89. The molecule has 1 aliphatic rings. The van der Waals surface area contributed by atoms with Gasteiger partial charge in [0.1, 0.15) is 23.6 Å². The van der Waals surface area contributed by atoms with Gasteiger partial charge in [-0.3, -0.25) is 14.7 Å². The molecule has 31 heavy (non-hydrogen) atoms. The highest BCUT2D eigenvalue weighted by Crippen LogP contribution is 2.27. The zero-order valence-corrected chi connectivity index (χ0v) is 18.2. The Morgan fingerprint density at radius 1 is 1.13 bits per heavy atom. The van der Waals surface area contributed by atoms with Crippen LogP contribution in [0.15, 0.2) is 57.2 Å². The molecule has 0 bridgehead atoms. The van der Waals surface area contributed by atoms with E-state index in [0.717, 1.165) is 10.1 Å². The molecule has 0 spiro atoms. The Morgan fingerprint density at radius 2 is 1.97 bits per heavy atom. The van der Waals surface area contributed by atoms with E-state index in [1.807, 2.05) is 17.5 Å². The first-order chi connectivity index (χ1) is 15.0. The van der Waals surface area contributed by atoms with E-state index < -0.39 is 9.84 Å². The summed E-state index contributed by atoms with van der Waals surface area (Å²) in [6.45, 7) is 2.11. The lowest BCUT2D eigenvalue weighted by molar-refractivity contribution is 0.220. The lowest BCUT2D eigenvalue weighted by atomic mass is 10.2. The number of aromatic nitrogens is 1. The van der Waals surface area contributed by atoms with Crippen molar-refractivity contribution in [3.63, 3.8) is 0 Å². The number of thiophene rings is 1. The molecule has 0 radical (unpaired) electrons. The van der Waals surface area contributed by atoms with Crippen LogP contribution in [-0.2, 0) is 9.84 Å². The van der Waals surface area contributed by atoms with Crippen LogP contribution >= 0.6 is 11.3 Å². The summed E-state index contributed by atoms with van der Waals surface area (Å²) in [4.78, 5) is 19.2. The number of rotatable bonds is 5. The summed E-state index contributed by atoms with van der Waals surface area (Å²) in [5.41, 5.74) is 0.943. The monoisotopic (exact) mass is 456 g/mol. The van der Waals surface area contributed by atoms with Crippen LogP contribution in [0, 0.1) is 0 Å². The predicted molar refractivity (Wildman–Crippen MR) is 122 cm³/mol. The average Bonchev–Trinajstić information content (AvgIpc) is 3.23. The highest BCUT2D eigenvalue weighted by Gasteiger charge is 2.21. The van der Waals surface area contributed by atoms with E-state index >= 15 is 0 Å². The number of benzene rings is 1. The number of ether oxygens (including phenoxy) is 1. The van der Waals surface area contributed by atoms with Gasteiger partial charge in [-0.25, -0.2) is 8.42 Å². The van der Waals surface area contributed by atoms with Crippen molar-refractivity contribution >= 4 is 42.2 Å². The normalized spacial score (nSPS) is 16.6. The highest BCUT2D eigenvalue weighted by atomic mass is 32.2. The van der Waals surface area contributed by atoms with Crippen LogP contribution in [0.5, 0.6) is 5.75 Å². The molecule has 160 valence electrons. The maximum absolute atomic E-state index is 12.7. The van der Waals surface area contributed by atoms with Crippen LogP contribution in [0.4, 0.5) is 0 Å². The van der Waals surface area contributed by atoms with Crippen molar-refractivity contribution in [3.8, 4) is 17.2 Å². The van der Waals surface area contributed by atoms with Crippen LogP contribution in [-0.4, -0.2) is 56.0 Å². The third-order valence-corrected chi connectivity index (χ3v) is 7.89. The van der Waals surface area contributed by atoms with Gasteiger partial charge >= 0.3 is 0 Å². The molecule has 0 saturated carbocycles. The van der Waals surface area contributed by atoms with Crippen molar-refractivity contribution < 1.29 is 17.6 Å². The fourth-order valence-electron chi connectivity index (χ4n) is 3.61. The summed E-state index contributed by atoms with van der Waals surface area (Å²) in [6.07, 6.45) is 1.78. The second kappa shape index (κ2) is 8.07. The van der Waals surface area contributed by atoms with E-state index in [0.29, 0.717) is 54.4 Å². The standard InChI is InChI=1S/C22H20N2O5S2/c25-19-13-21(18-12-22-15(14-23-18)3-8-30-22)29-20-2-1-16(11-17(19)20)28-7-4-24-5-9-31(26,27)10-6-24/h1-3,8,11-14H,4-7,9-10H2. The second-order valence-electron chi connectivity index (χ2n) is 7.50. The third-order valence-electron chi connectivity index (χ3n) is 5.40. The number of hydrogen-bond donors (Lipinski definition) is 0. The minimum Gasteiger partial charge on any atom is -0.492 e. The van der Waals surface area contributed by atoms with Crippen LogP contribution in [0.25, 0.3) is 32.5 Å². The second-order valence-corrected chi connectivity index (χ2v) is 10.8. The van der Waals surface area contributed by atoms with Crippen molar-refractivity contribution in [3.05, 3.63) is 58.2 Å². The van der Waals surface area contributed by atoms with Gasteiger partial charge in [0.15, 0.2) is 21.0 Å². The van der Waals surface area contributed by atoms with Gasteiger partial charge in [-0.05, 0) is 35.7 Å². The van der Waals surface area contributed by atoms with Crippen molar-refractivity contribution in [2.24, 2.45) is 0 Å². The summed E-state index contributed by atoms with van der Waals surface area (Å²) in [5.74, 6) is 1.40. The molecule has 0 aliphatic carbocycles. The van der Waals surface area contributed by atoms with Crippen LogP contribution in [0.3, 0.4) is 0 Å². The Bertz CT molecular complexity index is 1410. The maximum Gasteiger partial charge on any atom is 0.193 e. The van der Waals surface area contributed by atoms with Crippen molar-refractivity contribution in [2.45, 2.75) is 0 Å². The molecule has 9 heteroatoms. The molecular weight excluding hydrogens is 436 g/mol. The van der Waals surface area contributed by atoms with Gasteiger partial charge in [0.25, 0.3) is 0 Å². The SMILES string of the molecule is O=c1cc(-c2cc3sccc3cn2)oc2ccc(OCCN3CCS(=O)(=O)CC3)cc12. The predicted octanol–water partition coefficient (Wildman–Crippen LogP) is 3.18. The van der Waals surface area contributed by atoms with Crippen molar-refractivity contribution in [1.29, 1.82) is 0 Å². The molecule has 1 aliphatic heterocycles. The van der Waals surface area contributed by atoms with Gasteiger partial charge in [-0.2, -0.15) is 0 Å². The Morgan fingerprint density at radius 3 is 2.81 bits per heavy atom. The summed E-state index contributed by atoms with van der Waals surface area (Å²) >= 11 is 1.61. The van der Waals surface area contributed by atoms with E-state index in [-0.39, 0.29) is 16.9 Å². The lowest BCUT2D eigenvalue weighted by Gasteiger charge is -2.26. The fourth-order valence-corrected chi connectivity index (χ4v) is 5.68. The molecular formula is C22H20N2O5S2. The molecule has 0 atom stereocenters. The van der Waals surface area contributed by atoms with E-state index in [1.165, 1.54) is 6.07 Å². The highest BCUT2D eigenvalue weighted by molar-refractivity contribution is 7.91. The first kappa shape index (κ1) is 20.2. The minimum absolute atomic E-state index is 0.156.